The Morgan fingerprint density at radius 3 is 2.60 bits per heavy atom. The molecule has 0 spiro atoms. The van der Waals surface area contributed by atoms with Crippen LogP contribution in [0.4, 0.5) is 0 Å². The van der Waals surface area contributed by atoms with E-state index >= 15 is 0 Å². The highest BCUT2D eigenvalue weighted by atomic mass is 16.5. The quantitative estimate of drug-likeness (QED) is 0.797. The lowest BCUT2D eigenvalue weighted by Gasteiger charge is -2.27. The van der Waals surface area contributed by atoms with Crippen molar-refractivity contribution >= 4 is 0 Å². The predicted octanol–water partition coefficient (Wildman–Crippen LogP) is 1.07. The molecule has 1 N–H and O–H groups in total. The Labute approximate surface area is 91.0 Å². The Hall–Kier alpha value is -0.900. The van der Waals surface area contributed by atoms with Crippen LogP contribution in [0.2, 0.25) is 0 Å². The molecule has 0 atom stereocenters. The lowest BCUT2D eigenvalue weighted by atomic mass is 10.2. The van der Waals surface area contributed by atoms with Gasteiger partial charge in [-0.25, -0.2) is 5.01 Å². The monoisotopic (exact) mass is 206 g/mol. The Kier molecular flexibility index (Phi) is 4.14. The van der Waals surface area contributed by atoms with Crippen LogP contribution in [0.3, 0.4) is 0 Å². The molecule has 0 saturated carbocycles. The number of nitrogens with zero attached hydrogens (tertiary/aromatic N) is 1. The summed E-state index contributed by atoms with van der Waals surface area (Å²) in [6, 6.07) is 10.6. The smallest absolute Gasteiger partial charge is 0.0608 e. The maximum atomic E-state index is 5.28. The maximum absolute atomic E-state index is 5.28. The third-order valence-electron chi connectivity index (χ3n) is 2.60. The number of morpholine rings is 1. The van der Waals surface area contributed by atoms with Crippen molar-refractivity contribution in [2.45, 2.75) is 6.42 Å². The van der Waals surface area contributed by atoms with E-state index in [1.165, 1.54) is 5.56 Å². The minimum atomic E-state index is 0.846. The van der Waals surface area contributed by atoms with Crippen LogP contribution in [-0.4, -0.2) is 37.9 Å². The topological polar surface area (TPSA) is 24.5 Å². The molecule has 1 fully saturated rings. The van der Waals surface area contributed by atoms with Gasteiger partial charge in [-0.2, -0.15) is 0 Å². The Bertz CT molecular complexity index is 270. The van der Waals surface area contributed by atoms with E-state index in [2.05, 4.69) is 40.8 Å². The Balaban J connectivity index is 1.66. The van der Waals surface area contributed by atoms with Crippen LogP contribution in [0.25, 0.3) is 0 Å². The number of nitrogens with one attached hydrogen (secondary N) is 1. The van der Waals surface area contributed by atoms with E-state index in [4.69, 9.17) is 4.74 Å². The number of hydrogen-bond donors (Lipinski definition) is 1. The van der Waals surface area contributed by atoms with Crippen molar-refractivity contribution in [3.8, 4) is 0 Å². The van der Waals surface area contributed by atoms with Crippen LogP contribution in [0, 0.1) is 0 Å². The van der Waals surface area contributed by atoms with Crippen molar-refractivity contribution in [1.82, 2.24) is 10.4 Å². The van der Waals surface area contributed by atoms with E-state index in [1.54, 1.807) is 0 Å². The predicted molar refractivity (Wildman–Crippen MR) is 60.5 cm³/mol. The molecule has 0 radical (unpaired) electrons. The average Bonchev–Trinajstić information content (AvgIpc) is 2.32. The van der Waals surface area contributed by atoms with Gasteiger partial charge >= 0.3 is 0 Å². The van der Waals surface area contributed by atoms with Crippen LogP contribution >= 0.6 is 0 Å². The molecule has 1 aliphatic rings. The zero-order valence-electron chi connectivity index (χ0n) is 8.98. The Morgan fingerprint density at radius 2 is 1.87 bits per heavy atom. The van der Waals surface area contributed by atoms with E-state index in [-0.39, 0.29) is 0 Å². The lowest BCUT2D eigenvalue weighted by molar-refractivity contribution is 0.0123. The fourth-order valence-electron chi connectivity index (χ4n) is 1.72. The fourth-order valence-corrected chi connectivity index (χ4v) is 1.72. The van der Waals surface area contributed by atoms with Gasteiger partial charge in [-0.3, -0.25) is 5.43 Å². The number of hydrazine groups is 1. The minimum Gasteiger partial charge on any atom is -0.379 e. The molecule has 0 unspecified atom stereocenters. The van der Waals surface area contributed by atoms with E-state index in [0.717, 1.165) is 39.3 Å². The number of ether oxygens (including phenoxy) is 1. The van der Waals surface area contributed by atoms with Gasteiger partial charge in [0.1, 0.15) is 0 Å². The van der Waals surface area contributed by atoms with Crippen LogP contribution in [-0.2, 0) is 11.2 Å². The second kappa shape index (κ2) is 5.85. The molecule has 0 aliphatic carbocycles. The van der Waals surface area contributed by atoms with Gasteiger partial charge < -0.3 is 4.74 Å². The summed E-state index contributed by atoms with van der Waals surface area (Å²) in [7, 11) is 0. The second-order valence-electron chi connectivity index (χ2n) is 3.74. The molecule has 15 heavy (non-hydrogen) atoms. The zero-order valence-corrected chi connectivity index (χ0v) is 8.98. The highest BCUT2D eigenvalue weighted by molar-refractivity contribution is 5.14. The zero-order chi connectivity index (χ0) is 10.3. The van der Waals surface area contributed by atoms with Crippen LogP contribution in [0.5, 0.6) is 0 Å². The summed E-state index contributed by atoms with van der Waals surface area (Å²) in [5, 5.41) is 2.24. The third-order valence-corrected chi connectivity index (χ3v) is 2.60. The van der Waals surface area contributed by atoms with E-state index < -0.39 is 0 Å². The highest BCUT2D eigenvalue weighted by Gasteiger charge is 2.08. The molecule has 3 nitrogen and oxygen atoms in total. The summed E-state index contributed by atoms with van der Waals surface area (Å²) in [5.41, 5.74) is 4.81. The molecule has 1 aromatic rings. The molecule has 0 aromatic heterocycles. The average molecular weight is 206 g/mol. The van der Waals surface area contributed by atoms with Crippen molar-refractivity contribution in [3.05, 3.63) is 35.9 Å². The molecular weight excluding hydrogens is 188 g/mol. The molecule has 0 amide bonds. The van der Waals surface area contributed by atoms with Gasteiger partial charge in [0.15, 0.2) is 0 Å². The van der Waals surface area contributed by atoms with Gasteiger partial charge in [0.2, 0.25) is 0 Å². The molecule has 1 saturated heterocycles. The fraction of sp³-hybridized carbons (Fsp3) is 0.500. The summed E-state index contributed by atoms with van der Waals surface area (Å²) in [6.07, 6.45) is 1.08. The van der Waals surface area contributed by atoms with Crippen molar-refractivity contribution in [3.63, 3.8) is 0 Å². The van der Waals surface area contributed by atoms with Gasteiger partial charge in [-0.15, -0.1) is 0 Å². The molecule has 82 valence electrons. The summed E-state index contributed by atoms with van der Waals surface area (Å²) in [6.45, 7) is 4.68. The van der Waals surface area contributed by atoms with Gasteiger partial charge in [-0.1, -0.05) is 30.3 Å². The SMILES string of the molecule is c1ccc(CCNN2CCOCC2)cc1. The first-order valence-corrected chi connectivity index (χ1v) is 5.55. The number of benzene rings is 1. The summed E-state index contributed by atoms with van der Waals surface area (Å²) < 4.78 is 5.28. The van der Waals surface area contributed by atoms with Crippen LogP contribution < -0.4 is 5.43 Å². The second-order valence-corrected chi connectivity index (χ2v) is 3.74. The maximum Gasteiger partial charge on any atom is 0.0608 e. The van der Waals surface area contributed by atoms with E-state index in [9.17, 15) is 0 Å². The van der Waals surface area contributed by atoms with E-state index in [0.29, 0.717) is 0 Å². The number of hydrogen-bond acceptors (Lipinski definition) is 3. The number of rotatable bonds is 4. The summed E-state index contributed by atoms with van der Waals surface area (Å²) in [4.78, 5) is 0. The first-order chi connectivity index (χ1) is 7.45. The first-order valence-electron chi connectivity index (χ1n) is 5.55. The molecule has 1 heterocycles. The molecule has 3 heteroatoms. The standard InChI is InChI=1S/C12H18N2O/c1-2-4-12(5-3-1)6-7-13-14-8-10-15-11-9-14/h1-5,13H,6-11H2. The normalized spacial score (nSPS) is 17.9. The van der Waals surface area contributed by atoms with Gasteiger partial charge in [0, 0.05) is 19.6 Å². The highest BCUT2D eigenvalue weighted by Crippen LogP contribution is 1.99. The van der Waals surface area contributed by atoms with E-state index in [1.807, 2.05) is 0 Å². The molecule has 1 aromatic carbocycles. The van der Waals surface area contributed by atoms with Gasteiger partial charge in [0.25, 0.3) is 0 Å². The first kappa shape index (κ1) is 10.6. The van der Waals surface area contributed by atoms with Gasteiger partial charge in [0.05, 0.1) is 13.2 Å². The van der Waals surface area contributed by atoms with Crippen molar-refractivity contribution in [1.29, 1.82) is 0 Å². The lowest BCUT2D eigenvalue weighted by Crippen LogP contribution is -2.46. The molecule has 0 bridgehead atoms. The van der Waals surface area contributed by atoms with Crippen LogP contribution in [0.1, 0.15) is 5.56 Å². The van der Waals surface area contributed by atoms with Crippen molar-refractivity contribution < 1.29 is 4.74 Å². The van der Waals surface area contributed by atoms with Crippen molar-refractivity contribution in [2.75, 3.05) is 32.8 Å². The Morgan fingerprint density at radius 1 is 1.13 bits per heavy atom. The summed E-state index contributed by atoms with van der Waals surface area (Å²) in [5.74, 6) is 0. The van der Waals surface area contributed by atoms with Crippen molar-refractivity contribution in [2.24, 2.45) is 0 Å². The molecule has 1 aliphatic heterocycles. The largest absolute Gasteiger partial charge is 0.379 e. The molecule has 2 rings (SSSR count). The minimum absolute atomic E-state index is 0.846. The molecular formula is C12H18N2O. The van der Waals surface area contributed by atoms with Gasteiger partial charge in [-0.05, 0) is 12.0 Å². The summed E-state index contributed by atoms with van der Waals surface area (Å²) >= 11 is 0. The third kappa shape index (κ3) is 3.63. The van der Waals surface area contributed by atoms with Crippen LogP contribution in [0.15, 0.2) is 30.3 Å².